The van der Waals surface area contributed by atoms with Crippen LogP contribution in [0.3, 0.4) is 0 Å². The van der Waals surface area contributed by atoms with Gasteiger partial charge in [-0.2, -0.15) is 0 Å². The van der Waals surface area contributed by atoms with Crippen LogP contribution in [0.1, 0.15) is 25.3 Å². The third-order valence-corrected chi connectivity index (χ3v) is 3.65. The quantitative estimate of drug-likeness (QED) is 0.836. The Morgan fingerprint density at radius 1 is 1.44 bits per heavy atom. The first kappa shape index (κ1) is 11.3. The molecule has 0 spiro atoms. The number of carbonyl (C=O) groups is 1. The highest BCUT2D eigenvalue weighted by Crippen LogP contribution is 2.65. The number of aromatic hydroxyl groups is 1. The van der Waals surface area contributed by atoms with Gasteiger partial charge in [0.15, 0.2) is 0 Å². The first-order valence-electron chi connectivity index (χ1n) is 5.07. The molecule has 0 bridgehead atoms. The van der Waals surface area contributed by atoms with Crippen LogP contribution in [-0.4, -0.2) is 16.2 Å². The summed E-state index contributed by atoms with van der Waals surface area (Å²) < 4.78 is 0. The Labute approximate surface area is 98.7 Å². The lowest BCUT2D eigenvalue weighted by molar-refractivity contribution is -0.139. The van der Waals surface area contributed by atoms with Gasteiger partial charge in [-0.25, -0.2) is 0 Å². The largest absolute Gasteiger partial charge is 0.508 e. The molecule has 1 fully saturated rings. The summed E-state index contributed by atoms with van der Waals surface area (Å²) in [6.45, 7) is 3.77. The van der Waals surface area contributed by atoms with Gasteiger partial charge in [0.05, 0.1) is 5.92 Å². The lowest BCUT2D eigenvalue weighted by Gasteiger charge is -2.06. The number of hydrogen-bond donors (Lipinski definition) is 2. The van der Waals surface area contributed by atoms with Crippen molar-refractivity contribution in [2.24, 2.45) is 11.3 Å². The molecule has 3 nitrogen and oxygen atoms in total. The first-order valence-corrected chi connectivity index (χ1v) is 5.44. The number of halogens is 1. The maximum absolute atomic E-state index is 11.0. The molecule has 2 atom stereocenters. The third kappa shape index (κ3) is 1.55. The minimum atomic E-state index is -0.825. The molecule has 16 heavy (non-hydrogen) atoms. The molecule has 0 radical (unpaired) electrons. The zero-order chi connectivity index (χ0) is 12.1. The highest BCUT2D eigenvalue weighted by atomic mass is 35.5. The number of phenolic OH excluding ortho intramolecular Hbond substituents is 1. The van der Waals surface area contributed by atoms with Gasteiger partial charge in [0.1, 0.15) is 5.75 Å². The summed E-state index contributed by atoms with van der Waals surface area (Å²) in [4.78, 5) is 11.0. The monoisotopic (exact) mass is 240 g/mol. The Balaban J connectivity index is 2.40. The standard InChI is InChI=1S/C12H13ClO3/c1-12(2)9(10(12)11(15)16)7-5-6(13)3-4-8(7)14/h3-5,9-10,14H,1-2H3,(H,15,16)/t9-,10+/m1/s1. The van der Waals surface area contributed by atoms with Crippen molar-refractivity contribution >= 4 is 17.6 Å². The van der Waals surface area contributed by atoms with Crippen LogP contribution in [0.4, 0.5) is 0 Å². The number of rotatable bonds is 2. The Kier molecular flexibility index (Phi) is 2.39. The Bertz CT molecular complexity index is 454. The molecule has 1 aliphatic rings. The van der Waals surface area contributed by atoms with E-state index in [0.717, 1.165) is 0 Å². The zero-order valence-electron chi connectivity index (χ0n) is 9.07. The van der Waals surface area contributed by atoms with Gasteiger partial charge in [0.25, 0.3) is 0 Å². The van der Waals surface area contributed by atoms with Crippen molar-refractivity contribution in [2.45, 2.75) is 19.8 Å². The average Bonchev–Trinajstić information content (AvgIpc) is 2.73. The second kappa shape index (κ2) is 3.39. The molecule has 0 saturated heterocycles. The fourth-order valence-electron chi connectivity index (χ4n) is 2.45. The normalized spacial score (nSPS) is 26.4. The van der Waals surface area contributed by atoms with Gasteiger partial charge in [0.2, 0.25) is 0 Å². The van der Waals surface area contributed by atoms with E-state index < -0.39 is 11.9 Å². The molecule has 0 amide bonds. The number of benzene rings is 1. The smallest absolute Gasteiger partial charge is 0.307 e. The maximum Gasteiger partial charge on any atom is 0.307 e. The van der Waals surface area contributed by atoms with E-state index in [0.29, 0.717) is 10.6 Å². The minimum absolute atomic E-state index is 0.117. The molecule has 2 rings (SSSR count). The summed E-state index contributed by atoms with van der Waals surface area (Å²) in [5.74, 6) is -1.32. The van der Waals surface area contributed by atoms with Crippen molar-refractivity contribution in [1.82, 2.24) is 0 Å². The number of aliphatic carboxylic acids is 1. The van der Waals surface area contributed by atoms with Crippen LogP contribution in [0.15, 0.2) is 18.2 Å². The molecule has 86 valence electrons. The Morgan fingerprint density at radius 3 is 2.56 bits per heavy atom. The summed E-state index contributed by atoms with van der Waals surface area (Å²) in [5.41, 5.74) is 0.304. The van der Waals surface area contributed by atoms with E-state index in [2.05, 4.69) is 0 Å². The molecule has 1 aromatic rings. The van der Waals surface area contributed by atoms with Crippen molar-refractivity contribution in [3.8, 4) is 5.75 Å². The highest BCUT2D eigenvalue weighted by molar-refractivity contribution is 6.30. The lowest BCUT2D eigenvalue weighted by Crippen LogP contribution is -2.03. The van der Waals surface area contributed by atoms with Crippen molar-refractivity contribution < 1.29 is 15.0 Å². The van der Waals surface area contributed by atoms with Crippen LogP contribution in [0.25, 0.3) is 0 Å². The molecule has 0 aromatic heterocycles. The second-order valence-corrected chi connectivity index (χ2v) is 5.25. The summed E-state index contributed by atoms with van der Waals surface area (Å²) in [6, 6.07) is 4.74. The van der Waals surface area contributed by atoms with E-state index in [1.165, 1.54) is 6.07 Å². The van der Waals surface area contributed by atoms with Gasteiger partial charge in [0, 0.05) is 10.9 Å². The molecular weight excluding hydrogens is 228 g/mol. The van der Waals surface area contributed by atoms with Gasteiger partial charge < -0.3 is 10.2 Å². The summed E-state index contributed by atoms with van der Waals surface area (Å²) >= 11 is 5.85. The molecule has 2 N–H and O–H groups in total. The Hall–Kier alpha value is -1.22. The number of carboxylic acids is 1. The van der Waals surface area contributed by atoms with Crippen LogP contribution in [0.5, 0.6) is 5.75 Å². The van der Waals surface area contributed by atoms with Gasteiger partial charge >= 0.3 is 5.97 Å². The summed E-state index contributed by atoms with van der Waals surface area (Å²) in [5, 5.41) is 19.3. The van der Waals surface area contributed by atoms with Crippen LogP contribution >= 0.6 is 11.6 Å². The van der Waals surface area contributed by atoms with Crippen LogP contribution in [-0.2, 0) is 4.79 Å². The molecule has 4 heteroatoms. The van der Waals surface area contributed by atoms with Crippen molar-refractivity contribution in [3.63, 3.8) is 0 Å². The fraction of sp³-hybridized carbons (Fsp3) is 0.417. The SMILES string of the molecule is CC1(C)[C@H](C(=O)O)[C@H]1c1cc(Cl)ccc1O. The minimum Gasteiger partial charge on any atom is -0.508 e. The Morgan fingerprint density at radius 2 is 2.06 bits per heavy atom. The van der Waals surface area contributed by atoms with E-state index in [1.807, 2.05) is 13.8 Å². The van der Waals surface area contributed by atoms with E-state index >= 15 is 0 Å². The van der Waals surface area contributed by atoms with Gasteiger partial charge in [-0.05, 0) is 29.2 Å². The zero-order valence-corrected chi connectivity index (χ0v) is 9.82. The van der Waals surface area contributed by atoms with E-state index in [9.17, 15) is 9.90 Å². The first-order chi connectivity index (χ1) is 7.35. The molecule has 1 aliphatic carbocycles. The second-order valence-electron chi connectivity index (χ2n) is 4.82. The molecule has 0 unspecified atom stereocenters. The van der Waals surface area contributed by atoms with Crippen LogP contribution < -0.4 is 0 Å². The van der Waals surface area contributed by atoms with E-state index in [1.54, 1.807) is 12.1 Å². The van der Waals surface area contributed by atoms with Gasteiger partial charge in [-0.3, -0.25) is 4.79 Å². The van der Waals surface area contributed by atoms with Gasteiger partial charge in [-0.15, -0.1) is 0 Å². The topological polar surface area (TPSA) is 57.5 Å². The van der Waals surface area contributed by atoms with Crippen molar-refractivity contribution in [3.05, 3.63) is 28.8 Å². The average molecular weight is 241 g/mol. The molecule has 0 heterocycles. The summed E-state index contributed by atoms with van der Waals surface area (Å²) in [7, 11) is 0. The predicted octanol–water partition coefficient (Wildman–Crippen LogP) is 2.87. The third-order valence-electron chi connectivity index (χ3n) is 3.42. The van der Waals surface area contributed by atoms with Crippen molar-refractivity contribution in [1.29, 1.82) is 0 Å². The molecule has 1 aromatic carbocycles. The molecular formula is C12H13ClO3. The summed E-state index contributed by atoms with van der Waals surface area (Å²) in [6.07, 6.45) is 0. The van der Waals surface area contributed by atoms with Crippen molar-refractivity contribution in [2.75, 3.05) is 0 Å². The fourth-order valence-corrected chi connectivity index (χ4v) is 2.63. The molecule has 1 saturated carbocycles. The number of carboxylic acid groups (broad SMARTS) is 1. The number of hydrogen-bond acceptors (Lipinski definition) is 2. The molecule has 0 aliphatic heterocycles. The van der Waals surface area contributed by atoms with E-state index in [-0.39, 0.29) is 17.1 Å². The van der Waals surface area contributed by atoms with E-state index in [4.69, 9.17) is 16.7 Å². The lowest BCUT2D eigenvalue weighted by atomic mass is 10.0. The number of phenols is 1. The van der Waals surface area contributed by atoms with Crippen LogP contribution in [0.2, 0.25) is 5.02 Å². The van der Waals surface area contributed by atoms with Crippen LogP contribution in [0, 0.1) is 11.3 Å². The highest BCUT2D eigenvalue weighted by Gasteiger charge is 2.63. The predicted molar refractivity (Wildman–Crippen MR) is 60.8 cm³/mol. The maximum atomic E-state index is 11.0. The van der Waals surface area contributed by atoms with Gasteiger partial charge in [-0.1, -0.05) is 25.4 Å².